The normalized spacial score (nSPS) is 10.9. The second kappa shape index (κ2) is 7.13. The lowest BCUT2D eigenvalue weighted by molar-refractivity contribution is 0.0920. The van der Waals surface area contributed by atoms with Crippen LogP contribution < -0.4 is 10.1 Å². The first-order valence-electron chi connectivity index (χ1n) is 8.07. The second-order valence-electron chi connectivity index (χ2n) is 5.69. The quantitative estimate of drug-likeness (QED) is 0.558. The maximum absolute atomic E-state index is 12.4. The van der Waals surface area contributed by atoms with Gasteiger partial charge in [-0.1, -0.05) is 28.9 Å². The Morgan fingerprint density at radius 1 is 1.22 bits per heavy atom. The van der Waals surface area contributed by atoms with Gasteiger partial charge >= 0.3 is 0 Å². The SMILES string of the molecule is COc1cccc2cc(C(=O)NCc3nc(-c4ccc(Cl)cc4)no3)oc12. The zero-order chi connectivity index (χ0) is 18.8. The lowest BCUT2D eigenvalue weighted by Crippen LogP contribution is -2.22. The Bertz CT molecular complexity index is 1100. The molecule has 0 spiro atoms. The highest BCUT2D eigenvalue weighted by molar-refractivity contribution is 6.30. The molecule has 0 aliphatic heterocycles. The van der Waals surface area contributed by atoms with Crippen molar-refractivity contribution in [3.8, 4) is 17.1 Å². The number of aromatic nitrogens is 2. The fourth-order valence-corrected chi connectivity index (χ4v) is 2.72. The van der Waals surface area contributed by atoms with E-state index in [-0.39, 0.29) is 24.1 Å². The number of furan rings is 1. The van der Waals surface area contributed by atoms with Crippen LogP contribution in [0, 0.1) is 0 Å². The van der Waals surface area contributed by atoms with E-state index in [0.29, 0.717) is 22.2 Å². The van der Waals surface area contributed by atoms with Crippen LogP contribution in [0.4, 0.5) is 0 Å². The van der Waals surface area contributed by atoms with E-state index in [9.17, 15) is 4.79 Å². The Hall–Kier alpha value is -3.32. The molecule has 27 heavy (non-hydrogen) atoms. The van der Waals surface area contributed by atoms with Crippen molar-refractivity contribution in [2.24, 2.45) is 0 Å². The van der Waals surface area contributed by atoms with Gasteiger partial charge < -0.3 is 19.0 Å². The van der Waals surface area contributed by atoms with Gasteiger partial charge in [-0.3, -0.25) is 4.79 Å². The first kappa shape index (κ1) is 17.1. The standard InChI is InChI=1S/C19H14ClN3O4/c1-25-14-4-2-3-12-9-15(26-17(12)14)19(24)21-10-16-22-18(23-27-16)11-5-7-13(20)8-6-11/h2-9H,10H2,1H3,(H,21,24). The molecule has 0 unspecified atom stereocenters. The Balaban J connectivity index is 1.46. The average molecular weight is 384 g/mol. The molecular formula is C19H14ClN3O4. The third-order valence-electron chi connectivity index (χ3n) is 3.92. The molecule has 0 bridgehead atoms. The molecule has 0 saturated heterocycles. The lowest BCUT2D eigenvalue weighted by atomic mass is 10.2. The van der Waals surface area contributed by atoms with Crippen molar-refractivity contribution in [3.63, 3.8) is 0 Å². The van der Waals surface area contributed by atoms with Crippen molar-refractivity contribution in [3.05, 3.63) is 65.2 Å². The van der Waals surface area contributed by atoms with Gasteiger partial charge in [-0.2, -0.15) is 4.98 Å². The number of nitrogens with zero attached hydrogens (tertiary/aromatic N) is 2. The Morgan fingerprint density at radius 2 is 2.04 bits per heavy atom. The molecule has 136 valence electrons. The molecule has 0 aliphatic rings. The summed E-state index contributed by atoms with van der Waals surface area (Å²) in [6, 6.07) is 14.2. The highest BCUT2D eigenvalue weighted by Gasteiger charge is 2.16. The molecule has 2 aromatic carbocycles. The van der Waals surface area contributed by atoms with Crippen molar-refractivity contribution >= 4 is 28.5 Å². The first-order valence-corrected chi connectivity index (χ1v) is 8.45. The number of halogens is 1. The summed E-state index contributed by atoms with van der Waals surface area (Å²) < 4.78 is 16.0. The van der Waals surface area contributed by atoms with Gasteiger partial charge in [-0.15, -0.1) is 0 Å². The largest absolute Gasteiger partial charge is 0.493 e. The monoisotopic (exact) mass is 383 g/mol. The number of ether oxygens (including phenoxy) is 1. The molecule has 1 amide bonds. The predicted octanol–water partition coefficient (Wildman–Crippen LogP) is 4.07. The molecule has 7 nitrogen and oxygen atoms in total. The summed E-state index contributed by atoms with van der Waals surface area (Å²) in [6.45, 7) is 0.0770. The summed E-state index contributed by atoms with van der Waals surface area (Å²) in [4.78, 5) is 16.6. The van der Waals surface area contributed by atoms with Crippen LogP contribution in [0.2, 0.25) is 5.02 Å². The van der Waals surface area contributed by atoms with Crippen LogP contribution in [0.5, 0.6) is 5.75 Å². The van der Waals surface area contributed by atoms with Gasteiger partial charge in [-0.05, 0) is 36.4 Å². The number of hydrogen-bond donors (Lipinski definition) is 1. The first-order chi connectivity index (χ1) is 13.1. The molecule has 0 saturated carbocycles. The van der Waals surface area contributed by atoms with E-state index in [1.807, 2.05) is 12.1 Å². The molecule has 1 N–H and O–H groups in total. The van der Waals surface area contributed by atoms with Crippen molar-refractivity contribution in [2.45, 2.75) is 6.54 Å². The Labute approximate surface area is 158 Å². The average Bonchev–Trinajstić information content (AvgIpc) is 3.33. The number of nitrogens with one attached hydrogen (secondary N) is 1. The van der Waals surface area contributed by atoms with Crippen LogP contribution in [0.1, 0.15) is 16.4 Å². The lowest BCUT2D eigenvalue weighted by Gasteiger charge is -1.99. The summed E-state index contributed by atoms with van der Waals surface area (Å²) in [6.07, 6.45) is 0. The summed E-state index contributed by atoms with van der Waals surface area (Å²) in [5.74, 6) is 1.05. The number of benzene rings is 2. The van der Waals surface area contributed by atoms with E-state index in [4.69, 9.17) is 25.3 Å². The third-order valence-corrected chi connectivity index (χ3v) is 4.17. The van der Waals surface area contributed by atoms with Crippen molar-refractivity contribution in [1.82, 2.24) is 15.5 Å². The number of methoxy groups -OCH3 is 1. The number of carbonyl (C=O) groups excluding carboxylic acids is 1. The molecule has 8 heteroatoms. The molecule has 4 rings (SSSR count). The number of para-hydroxylation sites is 1. The number of rotatable bonds is 5. The summed E-state index contributed by atoms with van der Waals surface area (Å²) >= 11 is 5.87. The van der Waals surface area contributed by atoms with Crippen LogP contribution in [0.3, 0.4) is 0 Å². The number of hydrogen-bond acceptors (Lipinski definition) is 6. The fourth-order valence-electron chi connectivity index (χ4n) is 2.59. The fraction of sp³-hybridized carbons (Fsp3) is 0.105. The van der Waals surface area contributed by atoms with Crippen molar-refractivity contribution < 1.29 is 18.5 Å². The van der Waals surface area contributed by atoms with E-state index in [2.05, 4.69) is 15.5 Å². The van der Waals surface area contributed by atoms with Gasteiger partial charge in [0.15, 0.2) is 17.1 Å². The van der Waals surface area contributed by atoms with E-state index in [1.54, 1.807) is 43.5 Å². The number of amides is 1. The predicted molar refractivity (Wildman–Crippen MR) is 98.7 cm³/mol. The van der Waals surface area contributed by atoms with Gasteiger partial charge in [0.05, 0.1) is 13.7 Å². The number of carbonyl (C=O) groups is 1. The molecule has 0 atom stereocenters. The van der Waals surface area contributed by atoms with Gasteiger partial charge in [-0.25, -0.2) is 0 Å². The minimum absolute atomic E-state index is 0.0770. The molecule has 0 fully saturated rings. The maximum atomic E-state index is 12.4. The third kappa shape index (κ3) is 3.50. The van der Waals surface area contributed by atoms with Crippen LogP contribution in [-0.4, -0.2) is 23.2 Å². The maximum Gasteiger partial charge on any atom is 0.287 e. The Morgan fingerprint density at radius 3 is 2.81 bits per heavy atom. The van der Waals surface area contributed by atoms with Gasteiger partial charge in [0, 0.05) is 16.0 Å². The van der Waals surface area contributed by atoms with Crippen molar-refractivity contribution in [1.29, 1.82) is 0 Å². The molecule has 0 radical (unpaired) electrons. The van der Waals surface area contributed by atoms with E-state index >= 15 is 0 Å². The topological polar surface area (TPSA) is 90.4 Å². The molecule has 0 aliphatic carbocycles. The Kier molecular flexibility index (Phi) is 4.52. The minimum atomic E-state index is -0.389. The molecule has 4 aromatic rings. The molecule has 2 heterocycles. The minimum Gasteiger partial charge on any atom is -0.493 e. The second-order valence-corrected chi connectivity index (χ2v) is 6.13. The van der Waals surface area contributed by atoms with E-state index in [0.717, 1.165) is 10.9 Å². The highest BCUT2D eigenvalue weighted by atomic mass is 35.5. The van der Waals surface area contributed by atoms with E-state index in [1.165, 1.54) is 0 Å². The van der Waals surface area contributed by atoms with Crippen molar-refractivity contribution in [2.75, 3.05) is 7.11 Å². The van der Waals surface area contributed by atoms with Gasteiger partial charge in [0.25, 0.3) is 5.91 Å². The number of fused-ring (bicyclic) bond motifs is 1. The van der Waals surface area contributed by atoms with Gasteiger partial charge in [0.2, 0.25) is 11.7 Å². The smallest absolute Gasteiger partial charge is 0.287 e. The van der Waals surface area contributed by atoms with Crippen LogP contribution >= 0.6 is 11.6 Å². The van der Waals surface area contributed by atoms with Crippen LogP contribution in [0.25, 0.3) is 22.4 Å². The molecular weight excluding hydrogens is 370 g/mol. The highest BCUT2D eigenvalue weighted by Crippen LogP contribution is 2.28. The summed E-state index contributed by atoms with van der Waals surface area (Å²) in [5, 5.41) is 8.00. The van der Waals surface area contributed by atoms with E-state index < -0.39 is 0 Å². The summed E-state index contributed by atoms with van der Waals surface area (Å²) in [7, 11) is 1.55. The van der Waals surface area contributed by atoms with Gasteiger partial charge in [0.1, 0.15) is 0 Å². The zero-order valence-corrected chi connectivity index (χ0v) is 15.0. The summed E-state index contributed by atoms with van der Waals surface area (Å²) in [5.41, 5.74) is 1.29. The van der Waals surface area contributed by atoms with Crippen LogP contribution in [-0.2, 0) is 6.54 Å². The molecule has 2 aromatic heterocycles. The van der Waals surface area contributed by atoms with Crippen LogP contribution in [0.15, 0.2) is 57.5 Å². The zero-order valence-electron chi connectivity index (χ0n) is 14.2.